The monoisotopic (exact) mass is 180 g/mol. The van der Waals surface area contributed by atoms with Gasteiger partial charge < -0.3 is 5.32 Å². The lowest BCUT2D eigenvalue weighted by atomic mass is 9.80. The summed E-state index contributed by atoms with van der Waals surface area (Å²) in [5.41, 5.74) is 0. The van der Waals surface area contributed by atoms with Crippen molar-refractivity contribution in [3.8, 4) is 6.07 Å². The van der Waals surface area contributed by atoms with Crippen LogP contribution in [0.3, 0.4) is 0 Å². The number of hydrogen-bond donors (Lipinski definition) is 1. The molecule has 1 saturated carbocycles. The molecule has 0 aliphatic heterocycles. The molecule has 2 nitrogen and oxygen atoms in total. The van der Waals surface area contributed by atoms with Crippen molar-refractivity contribution in [2.45, 2.75) is 45.6 Å². The Balaban J connectivity index is 2.22. The van der Waals surface area contributed by atoms with Gasteiger partial charge in [0, 0.05) is 19.0 Å². The molecule has 0 amide bonds. The third kappa shape index (κ3) is 3.36. The third-order valence-corrected chi connectivity index (χ3v) is 3.07. The Bertz CT molecular complexity index is 183. The molecule has 0 saturated heterocycles. The molecule has 3 atom stereocenters. The van der Waals surface area contributed by atoms with E-state index in [1.807, 2.05) is 0 Å². The Labute approximate surface area is 81.3 Å². The lowest BCUT2D eigenvalue weighted by molar-refractivity contribution is 0.229. The van der Waals surface area contributed by atoms with E-state index in [2.05, 4.69) is 25.2 Å². The highest BCUT2D eigenvalue weighted by Gasteiger charge is 2.24. The van der Waals surface area contributed by atoms with Gasteiger partial charge in [0.15, 0.2) is 0 Å². The fourth-order valence-electron chi connectivity index (χ4n) is 2.28. The summed E-state index contributed by atoms with van der Waals surface area (Å²) in [6.45, 7) is 5.52. The first-order valence-electron chi connectivity index (χ1n) is 5.34. The molecule has 1 aliphatic carbocycles. The van der Waals surface area contributed by atoms with Crippen LogP contribution in [0.5, 0.6) is 0 Å². The molecule has 0 radical (unpaired) electrons. The van der Waals surface area contributed by atoms with Crippen LogP contribution >= 0.6 is 0 Å². The van der Waals surface area contributed by atoms with E-state index in [1.54, 1.807) is 0 Å². The van der Waals surface area contributed by atoms with Crippen LogP contribution in [0, 0.1) is 23.2 Å². The second-order valence-electron chi connectivity index (χ2n) is 4.36. The molecule has 1 N–H and O–H groups in total. The fourth-order valence-corrected chi connectivity index (χ4v) is 2.28. The maximum Gasteiger partial charge on any atom is 0.0635 e. The molecule has 1 fully saturated rings. The topological polar surface area (TPSA) is 35.8 Å². The van der Waals surface area contributed by atoms with Crippen molar-refractivity contribution in [2.24, 2.45) is 11.8 Å². The lowest BCUT2D eigenvalue weighted by Crippen LogP contribution is -2.39. The van der Waals surface area contributed by atoms with Gasteiger partial charge in [-0.05, 0) is 31.1 Å². The summed E-state index contributed by atoms with van der Waals surface area (Å²) < 4.78 is 0. The van der Waals surface area contributed by atoms with Crippen LogP contribution in [0.2, 0.25) is 0 Å². The maximum atomic E-state index is 8.41. The molecule has 1 aliphatic rings. The van der Waals surface area contributed by atoms with E-state index in [0.717, 1.165) is 18.4 Å². The summed E-state index contributed by atoms with van der Waals surface area (Å²) in [4.78, 5) is 0. The molecular formula is C11H20N2. The second-order valence-corrected chi connectivity index (χ2v) is 4.36. The number of hydrogen-bond acceptors (Lipinski definition) is 2. The molecule has 0 spiro atoms. The average Bonchev–Trinajstić information content (AvgIpc) is 2.09. The van der Waals surface area contributed by atoms with Crippen LogP contribution in [0.1, 0.15) is 39.5 Å². The summed E-state index contributed by atoms with van der Waals surface area (Å²) in [5, 5.41) is 11.9. The Morgan fingerprint density at radius 2 is 2.15 bits per heavy atom. The zero-order chi connectivity index (χ0) is 9.68. The van der Waals surface area contributed by atoms with E-state index in [4.69, 9.17) is 5.26 Å². The normalized spacial score (nSPS) is 34.1. The van der Waals surface area contributed by atoms with Gasteiger partial charge in [-0.2, -0.15) is 5.26 Å². The van der Waals surface area contributed by atoms with Crippen LogP contribution in [-0.4, -0.2) is 12.6 Å². The molecule has 13 heavy (non-hydrogen) atoms. The van der Waals surface area contributed by atoms with Gasteiger partial charge in [-0.3, -0.25) is 0 Å². The largest absolute Gasteiger partial charge is 0.313 e. The molecule has 3 unspecified atom stereocenters. The Hall–Kier alpha value is -0.550. The molecule has 0 aromatic rings. The van der Waals surface area contributed by atoms with Crippen molar-refractivity contribution in [1.29, 1.82) is 5.26 Å². The van der Waals surface area contributed by atoms with Crippen molar-refractivity contribution in [1.82, 2.24) is 5.32 Å². The van der Waals surface area contributed by atoms with E-state index >= 15 is 0 Å². The second kappa shape index (κ2) is 5.24. The van der Waals surface area contributed by atoms with Crippen molar-refractivity contribution < 1.29 is 0 Å². The van der Waals surface area contributed by atoms with E-state index in [1.165, 1.54) is 19.3 Å². The standard InChI is InChI=1S/C11H20N2/c1-9-4-5-11(10(2)8-9)13-7-3-6-12/h9-11,13H,3-5,7-8H2,1-2H3. The highest BCUT2D eigenvalue weighted by molar-refractivity contribution is 4.82. The number of nitriles is 1. The zero-order valence-electron chi connectivity index (χ0n) is 8.71. The van der Waals surface area contributed by atoms with Gasteiger partial charge in [0.05, 0.1) is 6.07 Å². The van der Waals surface area contributed by atoms with E-state index in [0.29, 0.717) is 12.5 Å². The Morgan fingerprint density at radius 1 is 1.38 bits per heavy atom. The van der Waals surface area contributed by atoms with Crippen LogP contribution < -0.4 is 5.32 Å². The number of nitrogens with zero attached hydrogens (tertiary/aromatic N) is 1. The molecule has 1 rings (SSSR count). The minimum Gasteiger partial charge on any atom is -0.313 e. The highest BCUT2D eigenvalue weighted by Crippen LogP contribution is 2.28. The summed E-state index contributed by atoms with van der Waals surface area (Å²) in [7, 11) is 0. The van der Waals surface area contributed by atoms with Gasteiger partial charge in [0.25, 0.3) is 0 Å². The average molecular weight is 180 g/mol. The number of rotatable bonds is 3. The maximum absolute atomic E-state index is 8.41. The first kappa shape index (κ1) is 10.5. The fraction of sp³-hybridized carbons (Fsp3) is 0.909. The molecular weight excluding hydrogens is 160 g/mol. The van der Waals surface area contributed by atoms with Crippen molar-refractivity contribution >= 4 is 0 Å². The van der Waals surface area contributed by atoms with Gasteiger partial charge in [-0.15, -0.1) is 0 Å². The molecule has 0 aromatic heterocycles. The lowest BCUT2D eigenvalue weighted by Gasteiger charge is -2.33. The van der Waals surface area contributed by atoms with Gasteiger partial charge >= 0.3 is 0 Å². The molecule has 2 heteroatoms. The molecule has 0 bridgehead atoms. The Kier molecular flexibility index (Phi) is 4.24. The van der Waals surface area contributed by atoms with Crippen LogP contribution in [0.25, 0.3) is 0 Å². The van der Waals surface area contributed by atoms with Crippen molar-refractivity contribution in [3.05, 3.63) is 0 Å². The minimum atomic E-state index is 0.638. The van der Waals surface area contributed by atoms with Crippen molar-refractivity contribution in [3.63, 3.8) is 0 Å². The summed E-state index contributed by atoms with van der Waals surface area (Å²) in [6.07, 6.45) is 4.60. The van der Waals surface area contributed by atoms with Crippen molar-refractivity contribution in [2.75, 3.05) is 6.54 Å². The summed E-state index contributed by atoms with van der Waals surface area (Å²) >= 11 is 0. The van der Waals surface area contributed by atoms with Gasteiger partial charge in [-0.1, -0.05) is 13.8 Å². The quantitative estimate of drug-likeness (QED) is 0.676. The predicted octanol–water partition coefficient (Wildman–Crippen LogP) is 2.31. The summed E-state index contributed by atoms with van der Waals surface area (Å²) in [6, 6.07) is 2.83. The van der Waals surface area contributed by atoms with Gasteiger partial charge in [0.1, 0.15) is 0 Å². The van der Waals surface area contributed by atoms with E-state index in [-0.39, 0.29) is 0 Å². The molecule has 0 heterocycles. The number of nitrogens with one attached hydrogen (secondary N) is 1. The van der Waals surface area contributed by atoms with Gasteiger partial charge in [0.2, 0.25) is 0 Å². The van der Waals surface area contributed by atoms with E-state index in [9.17, 15) is 0 Å². The van der Waals surface area contributed by atoms with E-state index < -0.39 is 0 Å². The summed E-state index contributed by atoms with van der Waals surface area (Å²) in [5.74, 6) is 1.67. The SMILES string of the molecule is CC1CCC(NCCC#N)C(C)C1. The first-order valence-corrected chi connectivity index (χ1v) is 5.34. The molecule has 0 aromatic carbocycles. The van der Waals surface area contributed by atoms with Gasteiger partial charge in [-0.25, -0.2) is 0 Å². The van der Waals surface area contributed by atoms with Crippen LogP contribution in [-0.2, 0) is 0 Å². The smallest absolute Gasteiger partial charge is 0.0635 e. The highest BCUT2D eigenvalue weighted by atomic mass is 14.9. The third-order valence-electron chi connectivity index (χ3n) is 3.07. The predicted molar refractivity (Wildman–Crippen MR) is 54.2 cm³/mol. The van der Waals surface area contributed by atoms with Crippen LogP contribution in [0.4, 0.5) is 0 Å². The zero-order valence-corrected chi connectivity index (χ0v) is 8.71. The Morgan fingerprint density at radius 3 is 2.77 bits per heavy atom. The first-order chi connectivity index (χ1) is 6.24. The van der Waals surface area contributed by atoms with Crippen LogP contribution in [0.15, 0.2) is 0 Å². The molecule has 74 valence electrons. The minimum absolute atomic E-state index is 0.638.